The van der Waals surface area contributed by atoms with Gasteiger partial charge < -0.3 is 15.5 Å². The molecule has 2 heterocycles. The largest absolute Gasteiger partial charge is 0.417 e. The van der Waals surface area contributed by atoms with Crippen LogP contribution in [-0.4, -0.2) is 47.7 Å². The second-order valence-corrected chi connectivity index (χ2v) is 7.53. The molecule has 1 aromatic heterocycles. The van der Waals surface area contributed by atoms with Crippen LogP contribution in [0.25, 0.3) is 0 Å². The Hall–Kier alpha value is -2.94. The van der Waals surface area contributed by atoms with Gasteiger partial charge in [0.2, 0.25) is 5.91 Å². The number of nitrogens with zero attached hydrogens (tertiary/aromatic N) is 3. The van der Waals surface area contributed by atoms with Gasteiger partial charge in [0, 0.05) is 48.0 Å². The summed E-state index contributed by atoms with van der Waals surface area (Å²) in [6, 6.07) is 5.53. The van der Waals surface area contributed by atoms with E-state index in [-0.39, 0.29) is 34.4 Å². The number of carbonyl (C=O) groups excluding carboxylic acids is 1. The topological polar surface area (TPSA) is 86.3 Å². The Kier molecular flexibility index (Phi) is 6.64. The molecule has 3 N–H and O–H groups in total. The van der Waals surface area contributed by atoms with Gasteiger partial charge in [0.1, 0.15) is 0 Å². The standard InChI is InChI=1S/C22H26F3N5O/c1-3-29-10-8-14(13-29)21(31)30(4-2)15-5-6-19(26)16(11-15)20(27)17-12-28-9-7-18(17)22(23,24)25/h5-7,9,11-12,14,27H,3-4,8,10,13,26H2,1-2H3. The number of alkyl halides is 3. The number of amides is 1. The zero-order chi connectivity index (χ0) is 22.8. The molecule has 166 valence electrons. The Morgan fingerprint density at radius 2 is 2.03 bits per heavy atom. The Bertz CT molecular complexity index is 976. The molecule has 2 aromatic rings. The highest BCUT2D eigenvalue weighted by molar-refractivity contribution is 6.15. The fourth-order valence-corrected chi connectivity index (χ4v) is 3.92. The number of aromatic nitrogens is 1. The molecule has 0 aliphatic carbocycles. The minimum Gasteiger partial charge on any atom is -0.398 e. The molecule has 1 saturated heterocycles. The monoisotopic (exact) mass is 433 g/mol. The highest BCUT2D eigenvalue weighted by Gasteiger charge is 2.35. The van der Waals surface area contributed by atoms with Crippen molar-refractivity contribution in [2.24, 2.45) is 5.92 Å². The molecule has 3 rings (SSSR count). The highest BCUT2D eigenvalue weighted by Crippen LogP contribution is 2.34. The lowest BCUT2D eigenvalue weighted by Gasteiger charge is -2.25. The van der Waals surface area contributed by atoms with E-state index in [1.54, 1.807) is 11.0 Å². The summed E-state index contributed by atoms with van der Waals surface area (Å²) in [7, 11) is 0. The number of hydrogen-bond donors (Lipinski definition) is 2. The van der Waals surface area contributed by atoms with Gasteiger partial charge in [0.05, 0.1) is 17.2 Å². The number of nitrogen functional groups attached to an aromatic ring is 1. The molecule has 1 amide bonds. The second kappa shape index (κ2) is 9.05. The van der Waals surface area contributed by atoms with Crippen molar-refractivity contribution in [1.29, 1.82) is 5.41 Å². The molecular weight excluding hydrogens is 407 g/mol. The summed E-state index contributed by atoms with van der Waals surface area (Å²) in [4.78, 5) is 20.7. The van der Waals surface area contributed by atoms with E-state index in [9.17, 15) is 18.0 Å². The van der Waals surface area contributed by atoms with Gasteiger partial charge in [-0.2, -0.15) is 13.2 Å². The van der Waals surface area contributed by atoms with E-state index in [1.807, 2.05) is 6.92 Å². The third-order valence-corrected chi connectivity index (χ3v) is 5.66. The third-order valence-electron chi connectivity index (χ3n) is 5.66. The molecule has 1 aromatic carbocycles. The molecule has 1 fully saturated rings. The van der Waals surface area contributed by atoms with Gasteiger partial charge in [-0.3, -0.25) is 15.2 Å². The summed E-state index contributed by atoms with van der Waals surface area (Å²) in [5.74, 6) is -0.159. The van der Waals surface area contributed by atoms with Crippen molar-refractivity contribution in [2.75, 3.05) is 36.8 Å². The number of anilines is 2. The van der Waals surface area contributed by atoms with Crippen LogP contribution in [0.1, 0.15) is 37.0 Å². The molecule has 0 radical (unpaired) electrons. The lowest BCUT2D eigenvalue weighted by Crippen LogP contribution is -2.37. The summed E-state index contributed by atoms with van der Waals surface area (Å²) in [5, 5.41) is 8.42. The summed E-state index contributed by atoms with van der Waals surface area (Å²) in [6.45, 7) is 6.73. The van der Waals surface area contributed by atoms with Crippen LogP contribution in [0, 0.1) is 11.3 Å². The summed E-state index contributed by atoms with van der Waals surface area (Å²) in [6.07, 6.45) is -1.81. The first-order valence-electron chi connectivity index (χ1n) is 10.2. The maximum Gasteiger partial charge on any atom is 0.417 e. The van der Waals surface area contributed by atoms with Crippen molar-refractivity contribution in [3.8, 4) is 0 Å². The van der Waals surface area contributed by atoms with Crippen LogP contribution in [-0.2, 0) is 11.0 Å². The van der Waals surface area contributed by atoms with Crippen molar-refractivity contribution < 1.29 is 18.0 Å². The van der Waals surface area contributed by atoms with Crippen LogP contribution in [0.2, 0.25) is 0 Å². The molecular formula is C22H26F3N5O. The number of hydrogen-bond acceptors (Lipinski definition) is 5. The highest BCUT2D eigenvalue weighted by atomic mass is 19.4. The Balaban J connectivity index is 1.95. The maximum absolute atomic E-state index is 13.4. The van der Waals surface area contributed by atoms with E-state index in [0.29, 0.717) is 18.8 Å². The van der Waals surface area contributed by atoms with E-state index in [1.165, 1.54) is 12.1 Å². The van der Waals surface area contributed by atoms with Crippen molar-refractivity contribution in [3.05, 3.63) is 53.3 Å². The normalized spacial score (nSPS) is 17.0. The van der Waals surface area contributed by atoms with E-state index in [2.05, 4.69) is 16.8 Å². The van der Waals surface area contributed by atoms with Gasteiger partial charge in [-0.25, -0.2) is 0 Å². The van der Waals surface area contributed by atoms with Crippen LogP contribution < -0.4 is 10.6 Å². The molecule has 31 heavy (non-hydrogen) atoms. The number of likely N-dealkylation sites (tertiary alicyclic amines) is 1. The molecule has 0 bridgehead atoms. The van der Waals surface area contributed by atoms with Crippen molar-refractivity contribution in [1.82, 2.24) is 9.88 Å². The Labute approximate surface area is 179 Å². The zero-order valence-corrected chi connectivity index (χ0v) is 17.5. The quantitative estimate of drug-likeness (QED) is 0.536. The first-order chi connectivity index (χ1) is 14.7. The van der Waals surface area contributed by atoms with Crippen LogP contribution in [0.15, 0.2) is 36.7 Å². The Morgan fingerprint density at radius 1 is 1.29 bits per heavy atom. The SMILES string of the molecule is CCN1CCC(C(=O)N(CC)c2ccc(N)c(C(=N)c3cnccc3C(F)(F)F)c2)C1. The van der Waals surface area contributed by atoms with Gasteiger partial charge in [-0.05, 0) is 50.7 Å². The average Bonchev–Trinajstić information content (AvgIpc) is 3.23. The van der Waals surface area contributed by atoms with Crippen molar-refractivity contribution in [3.63, 3.8) is 0 Å². The predicted octanol–water partition coefficient (Wildman–Crippen LogP) is 3.79. The molecule has 0 spiro atoms. The van der Waals surface area contributed by atoms with Gasteiger partial charge in [0.25, 0.3) is 0 Å². The number of nitrogens with two attached hydrogens (primary N) is 1. The van der Waals surface area contributed by atoms with Crippen LogP contribution in [0.4, 0.5) is 24.5 Å². The lowest BCUT2D eigenvalue weighted by molar-refractivity contribution is -0.137. The average molecular weight is 433 g/mol. The summed E-state index contributed by atoms with van der Waals surface area (Å²) >= 11 is 0. The minimum absolute atomic E-state index is 0.0296. The van der Waals surface area contributed by atoms with Crippen molar-refractivity contribution in [2.45, 2.75) is 26.4 Å². The number of rotatable bonds is 6. The van der Waals surface area contributed by atoms with E-state index >= 15 is 0 Å². The lowest BCUT2D eigenvalue weighted by atomic mass is 9.97. The third kappa shape index (κ3) is 4.71. The first kappa shape index (κ1) is 22.7. The van der Waals surface area contributed by atoms with Crippen molar-refractivity contribution >= 4 is 23.0 Å². The molecule has 6 nitrogen and oxygen atoms in total. The number of nitrogens with one attached hydrogen (secondary N) is 1. The smallest absolute Gasteiger partial charge is 0.398 e. The van der Waals surface area contributed by atoms with Crippen LogP contribution in [0.5, 0.6) is 0 Å². The number of pyridine rings is 1. The van der Waals surface area contributed by atoms with E-state index in [0.717, 1.165) is 38.0 Å². The summed E-state index contributed by atoms with van der Waals surface area (Å²) in [5.41, 5.74) is 5.11. The molecule has 0 saturated carbocycles. The zero-order valence-electron chi connectivity index (χ0n) is 17.5. The molecule has 1 aliphatic heterocycles. The number of halogens is 3. The molecule has 1 unspecified atom stereocenters. The second-order valence-electron chi connectivity index (χ2n) is 7.53. The molecule has 1 atom stereocenters. The first-order valence-corrected chi connectivity index (χ1v) is 10.2. The summed E-state index contributed by atoms with van der Waals surface area (Å²) < 4.78 is 40.2. The maximum atomic E-state index is 13.4. The van der Waals surface area contributed by atoms with E-state index in [4.69, 9.17) is 11.1 Å². The predicted molar refractivity (Wildman–Crippen MR) is 114 cm³/mol. The number of carbonyl (C=O) groups is 1. The Morgan fingerprint density at radius 3 is 2.65 bits per heavy atom. The fraction of sp³-hybridized carbons (Fsp3) is 0.409. The number of benzene rings is 1. The molecule has 9 heteroatoms. The van der Waals surface area contributed by atoms with Crippen LogP contribution in [0.3, 0.4) is 0 Å². The van der Waals surface area contributed by atoms with Gasteiger partial charge in [-0.15, -0.1) is 0 Å². The minimum atomic E-state index is -4.63. The van der Waals surface area contributed by atoms with E-state index < -0.39 is 11.7 Å². The van der Waals surface area contributed by atoms with Gasteiger partial charge in [-0.1, -0.05) is 6.92 Å². The molecule has 1 aliphatic rings. The van der Waals surface area contributed by atoms with Crippen LogP contribution >= 0.6 is 0 Å². The van der Waals surface area contributed by atoms with Gasteiger partial charge in [0.15, 0.2) is 0 Å². The fourth-order valence-electron chi connectivity index (χ4n) is 3.92. The van der Waals surface area contributed by atoms with Gasteiger partial charge >= 0.3 is 6.18 Å².